The third kappa shape index (κ3) is 4.68. The van der Waals surface area contributed by atoms with Crippen molar-refractivity contribution in [3.8, 4) is 0 Å². The first-order valence-electron chi connectivity index (χ1n) is 10.8. The number of rotatable bonds is 7. The van der Waals surface area contributed by atoms with Crippen molar-refractivity contribution >= 4 is 56.1 Å². The standard InChI is InChI=1S/C22H19ClFN5O4S3/c1-2-33-21(30)17-16-10-13(28-36(31,32)22-26-6-8-35-22)11-29(16)19(20-25-5-7-34-20)27-18(17)14-4-3-12(24)9-15(14)23/h3-9,13,18,28H,2,10-11H2,1H3/t13-,18-/m0/s1. The van der Waals surface area contributed by atoms with E-state index in [0.717, 1.165) is 17.4 Å². The van der Waals surface area contributed by atoms with Gasteiger partial charge in [0.15, 0.2) is 10.8 Å². The van der Waals surface area contributed by atoms with Crippen LogP contribution in [0.2, 0.25) is 5.02 Å². The number of hydrogen-bond donors (Lipinski definition) is 1. The van der Waals surface area contributed by atoms with Crippen molar-refractivity contribution in [2.24, 2.45) is 4.99 Å². The number of thiazole rings is 2. The number of carbonyl (C=O) groups excluding carboxylic acids is 1. The van der Waals surface area contributed by atoms with E-state index < -0.39 is 33.9 Å². The van der Waals surface area contributed by atoms with Gasteiger partial charge in [0.05, 0.1) is 12.2 Å². The van der Waals surface area contributed by atoms with Gasteiger partial charge < -0.3 is 9.64 Å². The van der Waals surface area contributed by atoms with Gasteiger partial charge in [-0.2, -0.15) is 0 Å². The quantitative estimate of drug-likeness (QED) is 0.432. The maximum absolute atomic E-state index is 13.8. The van der Waals surface area contributed by atoms with Crippen molar-refractivity contribution in [3.63, 3.8) is 0 Å². The Bertz CT molecular complexity index is 1460. The van der Waals surface area contributed by atoms with Crippen LogP contribution in [-0.2, 0) is 19.6 Å². The lowest BCUT2D eigenvalue weighted by molar-refractivity contribution is -0.139. The van der Waals surface area contributed by atoms with E-state index in [2.05, 4.69) is 14.7 Å². The summed E-state index contributed by atoms with van der Waals surface area (Å²) in [4.78, 5) is 28.1. The minimum absolute atomic E-state index is 0.0447. The van der Waals surface area contributed by atoms with Crippen LogP contribution in [0, 0.1) is 5.82 Å². The van der Waals surface area contributed by atoms with E-state index in [1.54, 1.807) is 28.8 Å². The number of fused-ring (bicyclic) bond motifs is 1. The van der Waals surface area contributed by atoms with E-state index in [1.807, 2.05) is 0 Å². The van der Waals surface area contributed by atoms with Crippen LogP contribution in [0.25, 0.3) is 0 Å². The van der Waals surface area contributed by atoms with E-state index in [4.69, 9.17) is 21.3 Å². The molecule has 2 atom stereocenters. The van der Waals surface area contributed by atoms with Crippen molar-refractivity contribution in [1.82, 2.24) is 19.6 Å². The molecular formula is C22H19ClFN5O4S3. The molecule has 36 heavy (non-hydrogen) atoms. The average molecular weight is 568 g/mol. The summed E-state index contributed by atoms with van der Waals surface area (Å²) in [6.07, 6.45) is 3.24. The summed E-state index contributed by atoms with van der Waals surface area (Å²) in [5.74, 6) is -0.657. The van der Waals surface area contributed by atoms with Crippen LogP contribution in [0.3, 0.4) is 0 Å². The summed E-state index contributed by atoms with van der Waals surface area (Å²) in [6.45, 7) is 2.03. The number of nitrogens with one attached hydrogen (secondary N) is 1. The second-order valence-electron chi connectivity index (χ2n) is 7.87. The highest BCUT2D eigenvalue weighted by atomic mass is 35.5. The first kappa shape index (κ1) is 25.0. The molecule has 9 nitrogen and oxygen atoms in total. The predicted molar refractivity (Wildman–Crippen MR) is 134 cm³/mol. The number of benzene rings is 1. The molecule has 0 spiro atoms. The first-order valence-corrected chi connectivity index (χ1v) is 14.4. The molecule has 0 bridgehead atoms. The lowest BCUT2D eigenvalue weighted by atomic mass is 9.94. The zero-order chi connectivity index (χ0) is 25.4. The monoisotopic (exact) mass is 567 g/mol. The Balaban J connectivity index is 1.62. The molecule has 0 unspecified atom stereocenters. The molecule has 4 heterocycles. The van der Waals surface area contributed by atoms with Crippen LogP contribution in [0.4, 0.5) is 4.39 Å². The summed E-state index contributed by atoms with van der Waals surface area (Å²) in [5, 5.41) is 4.07. The number of sulfonamides is 1. The van der Waals surface area contributed by atoms with Crippen LogP contribution in [0.15, 0.2) is 62.0 Å². The Morgan fingerprint density at radius 1 is 1.28 bits per heavy atom. The highest BCUT2D eigenvalue weighted by Crippen LogP contribution is 2.42. The third-order valence-electron chi connectivity index (χ3n) is 5.60. The molecule has 0 saturated carbocycles. The third-order valence-corrected chi connectivity index (χ3v) is 9.41. The van der Waals surface area contributed by atoms with Gasteiger partial charge in [0.1, 0.15) is 11.9 Å². The van der Waals surface area contributed by atoms with E-state index in [0.29, 0.717) is 22.1 Å². The van der Waals surface area contributed by atoms with E-state index in [9.17, 15) is 17.6 Å². The van der Waals surface area contributed by atoms with Gasteiger partial charge in [0, 0.05) is 58.4 Å². The molecule has 1 saturated heterocycles. The Morgan fingerprint density at radius 3 is 2.72 bits per heavy atom. The molecule has 0 aliphatic carbocycles. The summed E-state index contributed by atoms with van der Waals surface area (Å²) < 4.78 is 47.5. The van der Waals surface area contributed by atoms with Crippen LogP contribution in [0.1, 0.15) is 30.0 Å². The molecule has 0 amide bonds. The van der Waals surface area contributed by atoms with Crippen LogP contribution < -0.4 is 4.72 Å². The highest BCUT2D eigenvalue weighted by Gasteiger charge is 2.43. The van der Waals surface area contributed by atoms with E-state index in [1.165, 1.54) is 29.7 Å². The first-order chi connectivity index (χ1) is 17.3. The zero-order valence-electron chi connectivity index (χ0n) is 18.7. The topological polar surface area (TPSA) is 114 Å². The molecule has 1 N–H and O–H groups in total. The van der Waals surface area contributed by atoms with Crippen molar-refractivity contribution in [1.29, 1.82) is 0 Å². The molecule has 2 aliphatic heterocycles. The number of aromatic nitrogens is 2. The number of nitrogens with zero attached hydrogens (tertiary/aromatic N) is 4. The lowest BCUT2D eigenvalue weighted by Gasteiger charge is -2.31. The molecule has 2 aliphatic rings. The fourth-order valence-electron chi connectivity index (χ4n) is 4.21. The maximum atomic E-state index is 13.8. The van der Waals surface area contributed by atoms with Gasteiger partial charge >= 0.3 is 5.97 Å². The summed E-state index contributed by atoms with van der Waals surface area (Å²) in [5.41, 5.74) is 1.20. The number of carbonyl (C=O) groups is 1. The fourth-order valence-corrected chi connectivity index (χ4v) is 7.19. The molecule has 1 aromatic carbocycles. The molecule has 5 rings (SSSR count). The number of aliphatic imine (C=N–C) groups is 1. The zero-order valence-corrected chi connectivity index (χ0v) is 21.9. The predicted octanol–water partition coefficient (Wildman–Crippen LogP) is 3.76. The van der Waals surface area contributed by atoms with E-state index >= 15 is 0 Å². The van der Waals surface area contributed by atoms with Crippen molar-refractivity contribution in [3.05, 3.63) is 74.0 Å². The maximum Gasteiger partial charge on any atom is 0.338 e. The van der Waals surface area contributed by atoms with Gasteiger partial charge in [0.25, 0.3) is 10.0 Å². The Labute approximate surface area is 219 Å². The minimum Gasteiger partial charge on any atom is -0.463 e. The van der Waals surface area contributed by atoms with Gasteiger partial charge in [0.2, 0.25) is 4.34 Å². The molecule has 188 valence electrons. The molecule has 1 fully saturated rings. The summed E-state index contributed by atoms with van der Waals surface area (Å²) in [6, 6.07) is 2.43. The number of amidine groups is 1. The smallest absolute Gasteiger partial charge is 0.338 e. The average Bonchev–Trinajstić information content (AvgIpc) is 3.59. The Hall–Kier alpha value is -2.71. The van der Waals surface area contributed by atoms with Gasteiger partial charge in [-0.15, -0.1) is 22.7 Å². The molecule has 14 heteroatoms. The van der Waals surface area contributed by atoms with Crippen molar-refractivity contribution in [2.75, 3.05) is 13.2 Å². The van der Waals surface area contributed by atoms with Gasteiger partial charge in [-0.25, -0.2) is 32.3 Å². The highest BCUT2D eigenvalue weighted by molar-refractivity contribution is 7.91. The second kappa shape index (κ2) is 9.98. The van der Waals surface area contributed by atoms with Crippen LogP contribution in [0.5, 0.6) is 0 Å². The number of ether oxygens (including phenoxy) is 1. The molecular weight excluding hydrogens is 549 g/mol. The largest absolute Gasteiger partial charge is 0.463 e. The number of hydrogen-bond acceptors (Lipinski definition) is 10. The Morgan fingerprint density at radius 2 is 2.06 bits per heavy atom. The Kier molecular flexibility index (Phi) is 6.92. The number of esters is 1. The van der Waals surface area contributed by atoms with Crippen molar-refractivity contribution < 1.29 is 22.3 Å². The van der Waals surface area contributed by atoms with Gasteiger partial charge in [-0.05, 0) is 19.1 Å². The van der Waals surface area contributed by atoms with Crippen LogP contribution in [-0.4, -0.2) is 54.3 Å². The van der Waals surface area contributed by atoms with Crippen LogP contribution >= 0.6 is 34.3 Å². The normalized spacial score (nSPS) is 19.9. The van der Waals surface area contributed by atoms with Crippen molar-refractivity contribution in [2.45, 2.75) is 29.8 Å². The fraction of sp³-hybridized carbons (Fsp3) is 0.273. The minimum atomic E-state index is -3.86. The SMILES string of the molecule is CCOC(=O)C1=C2C[C@H](NS(=O)(=O)c3nccs3)CN2C(c2nccs2)=N[C@H]1c1ccc(F)cc1Cl. The van der Waals surface area contributed by atoms with Gasteiger partial charge in [-0.3, -0.25) is 4.99 Å². The lowest BCUT2D eigenvalue weighted by Crippen LogP contribution is -2.39. The van der Waals surface area contributed by atoms with E-state index in [-0.39, 0.29) is 34.5 Å². The molecule has 2 aromatic heterocycles. The number of halogens is 2. The summed E-state index contributed by atoms with van der Waals surface area (Å²) >= 11 is 8.75. The summed E-state index contributed by atoms with van der Waals surface area (Å²) in [7, 11) is -3.86. The second-order valence-corrected chi connectivity index (χ2v) is 12.0. The van der Waals surface area contributed by atoms with Gasteiger partial charge in [-0.1, -0.05) is 17.7 Å². The molecule has 3 aromatic rings. The molecule has 0 radical (unpaired) electrons.